The maximum Gasteiger partial charge on any atom is 0.0221 e. The van der Waals surface area contributed by atoms with Gasteiger partial charge in [-0.05, 0) is 65.0 Å². The number of hydrogen-bond donors (Lipinski definition) is 1. The number of piperidine rings is 1. The van der Waals surface area contributed by atoms with E-state index in [1.165, 1.54) is 51.5 Å². The standard InChI is InChI=1S/C16H32N2/c1-4-11-17-13(2)14(3)18-12-7-9-15-8-5-6-10-16(15)18/h13-17H,4-12H2,1-3H3. The molecule has 0 aromatic carbocycles. The first kappa shape index (κ1) is 14.3. The Morgan fingerprint density at radius 1 is 1.11 bits per heavy atom. The molecule has 4 unspecified atom stereocenters. The highest BCUT2D eigenvalue weighted by Crippen LogP contribution is 2.36. The molecule has 0 aromatic heterocycles. The third-order valence-corrected chi connectivity index (χ3v) is 5.25. The molecule has 0 amide bonds. The predicted octanol–water partition coefficient (Wildman–Crippen LogP) is 3.42. The van der Waals surface area contributed by atoms with Gasteiger partial charge in [0.1, 0.15) is 0 Å². The molecular formula is C16H32N2. The quantitative estimate of drug-likeness (QED) is 0.806. The highest BCUT2D eigenvalue weighted by molar-refractivity contribution is 4.91. The predicted molar refractivity (Wildman–Crippen MR) is 78.9 cm³/mol. The van der Waals surface area contributed by atoms with Crippen LogP contribution in [0.5, 0.6) is 0 Å². The summed E-state index contributed by atoms with van der Waals surface area (Å²) < 4.78 is 0. The molecule has 1 heterocycles. The highest BCUT2D eigenvalue weighted by Gasteiger charge is 2.36. The lowest BCUT2D eigenvalue weighted by Crippen LogP contribution is -2.56. The topological polar surface area (TPSA) is 15.3 Å². The number of fused-ring (bicyclic) bond motifs is 1. The van der Waals surface area contributed by atoms with E-state index in [1.807, 2.05) is 0 Å². The Labute approximate surface area is 114 Å². The summed E-state index contributed by atoms with van der Waals surface area (Å²) in [5, 5.41) is 3.68. The van der Waals surface area contributed by atoms with Gasteiger partial charge in [0, 0.05) is 18.1 Å². The minimum absolute atomic E-state index is 0.630. The van der Waals surface area contributed by atoms with Crippen molar-refractivity contribution in [2.45, 2.75) is 83.8 Å². The Balaban J connectivity index is 1.92. The normalized spacial score (nSPS) is 32.8. The Hall–Kier alpha value is -0.0800. The van der Waals surface area contributed by atoms with Crippen LogP contribution < -0.4 is 5.32 Å². The van der Waals surface area contributed by atoms with E-state index in [0.29, 0.717) is 12.1 Å². The number of nitrogens with one attached hydrogen (secondary N) is 1. The molecule has 2 fully saturated rings. The van der Waals surface area contributed by atoms with Crippen LogP contribution in [0.4, 0.5) is 0 Å². The molecule has 1 saturated heterocycles. The van der Waals surface area contributed by atoms with E-state index in [4.69, 9.17) is 0 Å². The highest BCUT2D eigenvalue weighted by atomic mass is 15.2. The average Bonchev–Trinajstić information content (AvgIpc) is 2.43. The summed E-state index contributed by atoms with van der Waals surface area (Å²) in [6.07, 6.45) is 10.0. The van der Waals surface area contributed by atoms with Gasteiger partial charge < -0.3 is 5.32 Å². The molecule has 2 rings (SSSR count). The van der Waals surface area contributed by atoms with Gasteiger partial charge in [0.15, 0.2) is 0 Å². The van der Waals surface area contributed by atoms with Crippen LogP contribution in [0.25, 0.3) is 0 Å². The molecule has 1 aliphatic carbocycles. The maximum atomic E-state index is 3.68. The van der Waals surface area contributed by atoms with E-state index in [1.54, 1.807) is 0 Å². The summed E-state index contributed by atoms with van der Waals surface area (Å²) in [5.41, 5.74) is 0. The zero-order valence-corrected chi connectivity index (χ0v) is 12.6. The van der Waals surface area contributed by atoms with Gasteiger partial charge in [-0.1, -0.05) is 19.8 Å². The molecule has 0 aromatic rings. The van der Waals surface area contributed by atoms with Crippen molar-refractivity contribution in [2.24, 2.45) is 5.92 Å². The van der Waals surface area contributed by atoms with Crippen LogP contribution in [0.2, 0.25) is 0 Å². The van der Waals surface area contributed by atoms with Crippen LogP contribution >= 0.6 is 0 Å². The van der Waals surface area contributed by atoms with Crippen molar-refractivity contribution >= 4 is 0 Å². The number of likely N-dealkylation sites (tertiary alicyclic amines) is 1. The van der Waals surface area contributed by atoms with E-state index in [9.17, 15) is 0 Å². The third-order valence-electron chi connectivity index (χ3n) is 5.25. The molecule has 2 aliphatic rings. The van der Waals surface area contributed by atoms with Crippen molar-refractivity contribution in [3.63, 3.8) is 0 Å². The minimum atomic E-state index is 0.630. The number of hydrogen-bond acceptors (Lipinski definition) is 2. The van der Waals surface area contributed by atoms with Gasteiger partial charge in [-0.25, -0.2) is 0 Å². The lowest BCUT2D eigenvalue weighted by molar-refractivity contribution is 0.0209. The van der Waals surface area contributed by atoms with E-state index >= 15 is 0 Å². The number of rotatable bonds is 5. The summed E-state index contributed by atoms with van der Waals surface area (Å²) >= 11 is 0. The summed E-state index contributed by atoms with van der Waals surface area (Å²) in [7, 11) is 0. The van der Waals surface area contributed by atoms with Gasteiger partial charge in [0.2, 0.25) is 0 Å². The third kappa shape index (κ3) is 3.27. The molecule has 0 bridgehead atoms. The molecule has 1 N–H and O–H groups in total. The molecule has 0 radical (unpaired) electrons. The van der Waals surface area contributed by atoms with Crippen LogP contribution in [0, 0.1) is 5.92 Å². The molecule has 1 saturated carbocycles. The zero-order chi connectivity index (χ0) is 13.0. The van der Waals surface area contributed by atoms with Crippen LogP contribution in [0.15, 0.2) is 0 Å². The number of nitrogens with zero attached hydrogens (tertiary/aromatic N) is 1. The Bertz CT molecular complexity index is 239. The summed E-state index contributed by atoms with van der Waals surface area (Å²) in [5.74, 6) is 1.01. The smallest absolute Gasteiger partial charge is 0.0221 e. The lowest BCUT2D eigenvalue weighted by Gasteiger charge is -2.48. The summed E-state index contributed by atoms with van der Waals surface area (Å²) in [6.45, 7) is 9.55. The molecule has 4 atom stereocenters. The fourth-order valence-electron chi connectivity index (χ4n) is 4.00. The molecule has 0 spiro atoms. The van der Waals surface area contributed by atoms with Crippen molar-refractivity contribution in [3.05, 3.63) is 0 Å². The van der Waals surface area contributed by atoms with Gasteiger partial charge in [0.05, 0.1) is 0 Å². The van der Waals surface area contributed by atoms with Crippen molar-refractivity contribution in [1.82, 2.24) is 10.2 Å². The van der Waals surface area contributed by atoms with Crippen molar-refractivity contribution < 1.29 is 0 Å². The summed E-state index contributed by atoms with van der Waals surface area (Å²) in [4.78, 5) is 2.83. The van der Waals surface area contributed by atoms with Crippen molar-refractivity contribution in [1.29, 1.82) is 0 Å². The van der Waals surface area contributed by atoms with Crippen LogP contribution in [-0.2, 0) is 0 Å². The largest absolute Gasteiger partial charge is 0.313 e. The van der Waals surface area contributed by atoms with E-state index in [-0.39, 0.29) is 0 Å². The molecule has 2 heteroatoms. The van der Waals surface area contributed by atoms with E-state index in [0.717, 1.165) is 18.5 Å². The fourth-order valence-corrected chi connectivity index (χ4v) is 4.00. The SMILES string of the molecule is CCCNC(C)C(C)N1CCCC2CCCCC21. The van der Waals surface area contributed by atoms with Gasteiger partial charge in [-0.15, -0.1) is 0 Å². The lowest BCUT2D eigenvalue weighted by atomic mass is 9.77. The molecular weight excluding hydrogens is 220 g/mol. The Morgan fingerprint density at radius 3 is 2.61 bits per heavy atom. The Kier molecular flexibility index (Phi) is 5.50. The first-order chi connectivity index (χ1) is 8.74. The monoisotopic (exact) mass is 252 g/mol. The van der Waals surface area contributed by atoms with Crippen LogP contribution in [0.1, 0.15) is 65.7 Å². The van der Waals surface area contributed by atoms with Crippen molar-refractivity contribution in [3.8, 4) is 0 Å². The first-order valence-electron chi connectivity index (χ1n) is 8.23. The van der Waals surface area contributed by atoms with Crippen molar-refractivity contribution in [2.75, 3.05) is 13.1 Å². The summed E-state index contributed by atoms with van der Waals surface area (Å²) in [6, 6.07) is 2.22. The van der Waals surface area contributed by atoms with Gasteiger partial charge in [-0.3, -0.25) is 4.90 Å². The molecule has 18 heavy (non-hydrogen) atoms. The first-order valence-corrected chi connectivity index (χ1v) is 8.23. The second kappa shape index (κ2) is 6.91. The Morgan fingerprint density at radius 2 is 1.83 bits per heavy atom. The maximum absolute atomic E-state index is 3.68. The van der Waals surface area contributed by atoms with Gasteiger partial charge >= 0.3 is 0 Å². The second-order valence-electron chi connectivity index (χ2n) is 6.48. The molecule has 2 nitrogen and oxygen atoms in total. The van der Waals surface area contributed by atoms with Gasteiger partial charge in [-0.2, -0.15) is 0 Å². The van der Waals surface area contributed by atoms with Crippen LogP contribution in [0.3, 0.4) is 0 Å². The van der Waals surface area contributed by atoms with Gasteiger partial charge in [0.25, 0.3) is 0 Å². The second-order valence-corrected chi connectivity index (χ2v) is 6.48. The van der Waals surface area contributed by atoms with Crippen LogP contribution in [-0.4, -0.2) is 36.1 Å². The fraction of sp³-hybridized carbons (Fsp3) is 1.00. The van der Waals surface area contributed by atoms with E-state index < -0.39 is 0 Å². The molecule has 1 aliphatic heterocycles. The van der Waals surface area contributed by atoms with E-state index in [2.05, 4.69) is 31.0 Å². The average molecular weight is 252 g/mol. The zero-order valence-electron chi connectivity index (χ0n) is 12.6. The minimum Gasteiger partial charge on any atom is -0.313 e. The molecule has 106 valence electrons.